The van der Waals surface area contributed by atoms with E-state index in [4.69, 9.17) is 0 Å². The Morgan fingerprint density at radius 3 is 2.53 bits per heavy atom. The van der Waals surface area contributed by atoms with Crippen molar-refractivity contribution in [3.8, 4) is 0 Å². The van der Waals surface area contributed by atoms with E-state index in [1.165, 1.54) is 48.3 Å². The summed E-state index contributed by atoms with van der Waals surface area (Å²) >= 11 is 3.93. The monoisotopic (exact) mass is 279 g/mol. The molecule has 0 spiro atoms. The number of rotatable bonds is 2. The van der Waals surface area contributed by atoms with Crippen LogP contribution in [0.3, 0.4) is 0 Å². The lowest BCUT2D eigenvalue weighted by atomic mass is 10.2. The molecule has 0 saturated heterocycles. The van der Waals surface area contributed by atoms with E-state index in [0.29, 0.717) is 5.69 Å². The Labute approximate surface area is 115 Å². The van der Waals surface area contributed by atoms with E-state index in [2.05, 4.69) is 12.6 Å². The van der Waals surface area contributed by atoms with Crippen molar-refractivity contribution in [3.05, 3.63) is 59.7 Å². The van der Waals surface area contributed by atoms with Crippen LogP contribution in [0.5, 0.6) is 0 Å². The zero-order chi connectivity index (χ0) is 14.0. The number of anilines is 1. The molecule has 2 aromatic rings. The minimum Gasteiger partial charge on any atom is -0.311 e. The van der Waals surface area contributed by atoms with Crippen LogP contribution in [0.15, 0.2) is 47.4 Å². The Kier molecular flexibility index (Phi) is 3.85. The number of nitrogens with zero attached hydrogens (tertiary/aromatic N) is 1. The molecule has 0 heterocycles. The zero-order valence-corrected chi connectivity index (χ0v) is 11.0. The first-order valence-corrected chi connectivity index (χ1v) is 5.96. The van der Waals surface area contributed by atoms with Crippen LogP contribution < -0.4 is 4.90 Å². The quantitative estimate of drug-likeness (QED) is 0.834. The minimum absolute atomic E-state index is 0.0958. The van der Waals surface area contributed by atoms with Crippen LogP contribution in [-0.2, 0) is 0 Å². The molecule has 2 nitrogen and oxygen atoms in total. The van der Waals surface area contributed by atoms with Crippen molar-refractivity contribution in [1.82, 2.24) is 0 Å². The van der Waals surface area contributed by atoms with Gasteiger partial charge in [0.05, 0.1) is 0 Å². The van der Waals surface area contributed by atoms with Crippen molar-refractivity contribution in [2.45, 2.75) is 4.90 Å². The molecule has 0 saturated carbocycles. The van der Waals surface area contributed by atoms with Gasteiger partial charge in [0, 0.05) is 23.2 Å². The van der Waals surface area contributed by atoms with Gasteiger partial charge in [-0.15, -0.1) is 12.6 Å². The first-order valence-electron chi connectivity index (χ1n) is 5.51. The van der Waals surface area contributed by atoms with Gasteiger partial charge in [0.25, 0.3) is 5.91 Å². The predicted octanol–water partition coefficient (Wildman–Crippen LogP) is 3.53. The molecule has 0 atom stereocenters. The SMILES string of the molecule is CN(C(=O)c1ccc(F)c(S)c1)c1cccc(F)c1. The maximum atomic E-state index is 13.1. The summed E-state index contributed by atoms with van der Waals surface area (Å²) in [6.45, 7) is 0. The molecule has 0 aliphatic carbocycles. The van der Waals surface area contributed by atoms with Gasteiger partial charge < -0.3 is 4.90 Å². The number of hydrogen-bond acceptors (Lipinski definition) is 2. The molecule has 19 heavy (non-hydrogen) atoms. The predicted molar refractivity (Wildman–Crippen MR) is 72.8 cm³/mol. The summed E-state index contributed by atoms with van der Waals surface area (Å²) in [4.78, 5) is 13.6. The Morgan fingerprint density at radius 2 is 1.89 bits per heavy atom. The van der Waals surface area contributed by atoms with Gasteiger partial charge in [-0.2, -0.15) is 0 Å². The highest BCUT2D eigenvalue weighted by Gasteiger charge is 2.15. The van der Waals surface area contributed by atoms with Crippen molar-refractivity contribution < 1.29 is 13.6 Å². The van der Waals surface area contributed by atoms with Gasteiger partial charge in [0.1, 0.15) is 11.6 Å². The molecule has 1 amide bonds. The second kappa shape index (κ2) is 5.40. The largest absolute Gasteiger partial charge is 0.311 e. The van der Waals surface area contributed by atoms with Crippen LogP contribution in [0.2, 0.25) is 0 Å². The number of carbonyl (C=O) groups is 1. The Hall–Kier alpha value is -1.88. The summed E-state index contributed by atoms with van der Waals surface area (Å²) in [6.07, 6.45) is 0. The molecule has 0 radical (unpaired) electrons. The van der Waals surface area contributed by atoms with Crippen molar-refractivity contribution in [3.63, 3.8) is 0 Å². The van der Waals surface area contributed by atoms with Gasteiger partial charge in [0.15, 0.2) is 0 Å². The van der Waals surface area contributed by atoms with Gasteiger partial charge >= 0.3 is 0 Å². The standard InChI is InChI=1S/C14H11F2NOS/c1-17(11-4-2-3-10(15)8-11)14(18)9-5-6-12(16)13(19)7-9/h2-8,19H,1H3. The van der Waals surface area contributed by atoms with Crippen LogP contribution in [0.1, 0.15) is 10.4 Å². The lowest BCUT2D eigenvalue weighted by molar-refractivity contribution is 0.0992. The van der Waals surface area contributed by atoms with E-state index in [0.717, 1.165) is 0 Å². The maximum absolute atomic E-state index is 13.1. The highest BCUT2D eigenvalue weighted by Crippen LogP contribution is 2.19. The molecule has 5 heteroatoms. The van der Waals surface area contributed by atoms with Crippen molar-refractivity contribution >= 4 is 24.2 Å². The summed E-state index contributed by atoms with van der Waals surface area (Å²) in [5, 5.41) is 0. The smallest absolute Gasteiger partial charge is 0.258 e. The van der Waals surface area contributed by atoms with Crippen LogP contribution in [0.4, 0.5) is 14.5 Å². The second-order valence-electron chi connectivity index (χ2n) is 4.01. The number of benzene rings is 2. The lowest BCUT2D eigenvalue weighted by Crippen LogP contribution is -2.26. The molecule has 2 aromatic carbocycles. The second-order valence-corrected chi connectivity index (χ2v) is 4.49. The van der Waals surface area contributed by atoms with E-state index < -0.39 is 11.6 Å². The Balaban J connectivity index is 2.30. The highest BCUT2D eigenvalue weighted by molar-refractivity contribution is 7.80. The fourth-order valence-electron chi connectivity index (χ4n) is 1.64. The molecule has 0 aromatic heterocycles. The van der Waals surface area contributed by atoms with E-state index in [-0.39, 0.29) is 16.4 Å². The third-order valence-corrected chi connectivity index (χ3v) is 3.04. The van der Waals surface area contributed by atoms with E-state index in [1.807, 2.05) is 0 Å². The topological polar surface area (TPSA) is 20.3 Å². The van der Waals surface area contributed by atoms with E-state index in [9.17, 15) is 13.6 Å². The molecule has 0 bridgehead atoms. The molecular weight excluding hydrogens is 268 g/mol. The summed E-state index contributed by atoms with van der Waals surface area (Å²) < 4.78 is 26.2. The van der Waals surface area contributed by atoms with Gasteiger partial charge in [0.2, 0.25) is 0 Å². The third-order valence-electron chi connectivity index (χ3n) is 2.69. The van der Waals surface area contributed by atoms with Crippen molar-refractivity contribution in [2.75, 3.05) is 11.9 Å². The summed E-state index contributed by atoms with van der Waals surface area (Å²) in [5.74, 6) is -1.28. The number of hydrogen-bond donors (Lipinski definition) is 1. The van der Waals surface area contributed by atoms with Crippen molar-refractivity contribution in [2.24, 2.45) is 0 Å². The summed E-state index contributed by atoms with van der Waals surface area (Å²) in [5.41, 5.74) is 0.716. The van der Waals surface area contributed by atoms with Gasteiger partial charge in [-0.1, -0.05) is 6.07 Å². The average Bonchev–Trinajstić information content (AvgIpc) is 2.40. The van der Waals surface area contributed by atoms with E-state index >= 15 is 0 Å². The van der Waals surface area contributed by atoms with Gasteiger partial charge in [-0.25, -0.2) is 8.78 Å². The molecule has 2 rings (SSSR count). The van der Waals surface area contributed by atoms with Crippen LogP contribution in [-0.4, -0.2) is 13.0 Å². The third kappa shape index (κ3) is 2.93. The zero-order valence-electron chi connectivity index (χ0n) is 10.1. The molecule has 0 aliphatic rings. The molecule has 0 unspecified atom stereocenters. The summed E-state index contributed by atoms with van der Waals surface area (Å²) in [7, 11) is 1.53. The van der Waals surface area contributed by atoms with E-state index in [1.54, 1.807) is 6.07 Å². The number of thiol groups is 1. The highest BCUT2D eigenvalue weighted by atomic mass is 32.1. The Bertz CT molecular complexity index is 631. The summed E-state index contributed by atoms with van der Waals surface area (Å²) in [6, 6.07) is 9.57. The fourth-order valence-corrected chi connectivity index (χ4v) is 1.85. The lowest BCUT2D eigenvalue weighted by Gasteiger charge is -2.17. The minimum atomic E-state index is -0.492. The molecule has 0 N–H and O–H groups in total. The number of carbonyl (C=O) groups excluding carboxylic acids is 1. The normalized spacial score (nSPS) is 10.3. The number of halogens is 2. The Morgan fingerprint density at radius 1 is 1.16 bits per heavy atom. The van der Waals surface area contributed by atoms with Gasteiger partial charge in [-0.3, -0.25) is 4.79 Å². The maximum Gasteiger partial charge on any atom is 0.258 e. The van der Waals surface area contributed by atoms with Gasteiger partial charge in [-0.05, 0) is 36.4 Å². The van der Waals surface area contributed by atoms with Crippen LogP contribution in [0.25, 0.3) is 0 Å². The first-order chi connectivity index (χ1) is 8.99. The number of amides is 1. The molecule has 98 valence electrons. The van der Waals surface area contributed by atoms with Crippen molar-refractivity contribution in [1.29, 1.82) is 0 Å². The first kappa shape index (κ1) is 13.5. The fraction of sp³-hybridized carbons (Fsp3) is 0.0714. The van der Waals surface area contributed by atoms with Crippen LogP contribution >= 0.6 is 12.6 Å². The molecule has 0 fully saturated rings. The van der Waals surface area contributed by atoms with Crippen LogP contribution in [0, 0.1) is 11.6 Å². The molecule has 0 aliphatic heterocycles. The molecular formula is C14H11F2NOS. The average molecular weight is 279 g/mol.